The SMILES string of the molecule is Cc1nc(C)n(-c2ccc([C@H](C)N)cn2)n1. The first kappa shape index (κ1) is 10.8. The van der Waals surface area contributed by atoms with Crippen molar-refractivity contribution in [2.45, 2.75) is 26.8 Å². The fourth-order valence-electron chi connectivity index (χ4n) is 1.53. The van der Waals surface area contributed by atoms with Gasteiger partial charge in [-0.25, -0.2) is 9.97 Å². The number of nitrogens with zero attached hydrogens (tertiary/aromatic N) is 4. The first-order valence-corrected chi connectivity index (χ1v) is 5.20. The fourth-order valence-corrected chi connectivity index (χ4v) is 1.53. The Kier molecular flexibility index (Phi) is 2.70. The number of hydrogen-bond acceptors (Lipinski definition) is 4. The maximum Gasteiger partial charge on any atom is 0.155 e. The normalized spacial score (nSPS) is 12.8. The Hall–Kier alpha value is -1.75. The average molecular weight is 217 g/mol. The summed E-state index contributed by atoms with van der Waals surface area (Å²) in [5, 5.41) is 4.27. The second-order valence-corrected chi connectivity index (χ2v) is 3.86. The van der Waals surface area contributed by atoms with Crippen LogP contribution in [0.3, 0.4) is 0 Å². The standard InChI is InChI=1S/C11H15N5/c1-7(12)10-4-5-11(13-6-10)16-9(3)14-8(2)15-16/h4-7H,12H2,1-3H3/t7-/m0/s1. The van der Waals surface area contributed by atoms with Gasteiger partial charge in [0, 0.05) is 12.2 Å². The summed E-state index contributed by atoms with van der Waals surface area (Å²) in [5.41, 5.74) is 6.77. The van der Waals surface area contributed by atoms with Gasteiger partial charge in [-0.1, -0.05) is 6.07 Å². The molecule has 0 radical (unpaired) electrons. The van der Waals surface area contributed by atoms with E-state index in [0.29, 0.717) is 0 Å². The molecule has 0 aliphatic rings. The van der Waals surface area contributed by atoms with Gasteiger partial charge in [0.05, 0.1) is 0 Å². The molecule has 0 unspecified atom stereocenters. The van der Waals surface area contributed by atoms with Crippen molar-refractivity contribution in [1.29, 1.82) is 0 Å². The minimum Gasteiger partial charge on any atom is -0.324 e. The molecule has 84 valence electrons. The molecule has 0 saturated carbocycles. The van der Waals surface area contributed by atoms with Gasteiger partial charge in [-0.15, -0.1) is 5.10 Å². The van der Waals surface area contributed by atoms with Crippen LogP contribution < -0.4 is 5.73 Å². The zero-order chi connectivity index (χ0) is 11.7. The molecule has 2 rings (SSSR count). The van der Waals surface area contributed by atoms with Gasteiger partial charge < -0.3 is 5.73 Å². The van der Waals surface area contributed by atoms with Crippen molar-refractivity contribution in [1.82, 2.24) is 19.7 Å². The molecule has 1 atom stereocenters. The first-order valence-electron chi connectivity index (χ1n) is 5.20. The van der Waals surface area contributed by atoms with Crippen molar-refractivity contribution in [3.63, 3.8) is 0 Å². The summed E-state index contributed by atoms with van der Waals surface area (Å²) in [5.74, 6) is 2.34. The van der Waals surface area contributed by atoms with E-state index in [-0.39, 0.29) is 6.04 Å². The molecule has 2 aromatic rings. The van der Waals surface area contributed by atoms with Crippen LogP contribution in [0.15, 0.2) is 18.3 Å². The fraction of sp³-hybridized carbons (Fsp3) is 0.364. The molecular weight excluding hydrogens is 202 g/mol. The molecule has 5 nitrogen and oxygen atoms in total. The van der Waals surface area contributed by atoms with Crippen LogP contribution in [0.5, 0.6) is 0 Å². The number of rotatable bonds is 2. The molecule has 0 amide bonds. The van der Waals surface area contributed by atoms with Crippen molar-refractivity contribution in [3.8, 4) is 5.82 Å². The Labute approximate surface area is 94.3 Å². The second-order valence-electron chi connectivity index (χ2n) is 3.86. The summed E-state index contributed by atoms with van der Waals surface area (Å²) in [6.45, 7) is 5.70. The lowest BCUT2D eigenvalue weighted by atomic mass is 10.2. The van der Waals surface area contributed by atoms with Gasteiger partial charge in [0.15, 0.2) is 5.82 Å². The van der Waals surface area contributed by atoms with Gasteiger partial charge in [0.2, 0.25) is 0 Å². The highest BCUT2D eigenvalue weighted by molar-refractivity contribution is 5.26. The first-order chi connectivity index (χ1) is 7.58. The molecule has 0 spiro atoms. The highest BCUT2D eigenvalue weighted by Gasteiger charge is 2.06. The Morgan fingerprint density at radius 1 is 1.31 bits per heavy atom. The lowest BCUT2D eigenvalue weighted by molar-refractivity contribution is 0.781. The van der Waals surface area contributed by atoms with Gasteiger partial charge in [-0.05, 0) is 32.4 Å². The van der Waals surface area contributed by atoms with E-state index in [1.165, 1.54) is 0 Å². The third-order valence-electron chi connectivity index (χ3n) is 2.39. The minimum atomic E-state index is 0.000120. The van der Waals surface area contributed by atoms with E-state index in [1.54, 1.807) is 10.9 Å². The van der Waals surface area contributed by atoms with Gasteiger partial charge in [-0.3, -0.25) is 0 Å². The number of nitrogens with two attached hydrogens (primary N) is 1. The van der Waals surface area contributed by atoms with Crippen molar-refractivity contribution in [3.05, 3.63) is 35.5 Å². The minimum absolute atomic E-state index is 0.000120. The van der Waals surface area contributed by atoms with Crippen LogP contribution in [0.25, 0.3) is 5.82 Å². The smallest absolute Gasteiger partial charge is 0.155 e. The lowest BCUT2D eigenvalue weighted by Gasteiger charge is -2.06. The highest BCUT2D eigenvalue weighted by atomic mass is 15.4. The molecule has 0 saturated heterocycles. The van der Waals surface area contributed by atoms with Crippen LogP contribution in [0.4, 0.5) is 0 Å². The van der Waals surface area contributed by atoms with Gasteiger partial charge >= 0.3 is 0 Å². The predicted octanol–water partition coefficient (Wildman–Crippen LogP) is 1.30. The maximum atomic E-state index is 5.76. The summed E-state index contributed by atoms with van der Waals surface area (Å²) in [4.78, 5) is 8.56. The molecule has 5 heteroatoms. The lowest BCUT2D eigenvalue weighted by Crippen LogP contribution is -2.07. The monoisotopic (exact) mass is 217 g/mol. The quantitative estimate of drug-likeness (QED) is 0.823. The number of aryl methyl sites for hydroxylation is 2. The molecule has 0 aliphatic heterocycles. The van der Waals surface area contributed by atoms with Crippen LogP contribution in [0.1, 0.15) is 30.2 Å². The van der Waals surface area contributed by atoms with Crippen LogP contribution >= 0.6 is 0 Å². The Bertz CT molecular complexity index is 484. The Morgan fingerprint density at radius 3 is 2.50 bits per heavy atom. The van der Waals surface area contributed by atoms with E-state index in [0.717, 1.165) is 23.0 Å². The van der Waals surface area contributed by atoms with E-state index < -0.39 is 0 Å². The summed E-state index contributed by atoms with van der Waals surface area (Å²) in [7, 11) is 0. The van der Waals surface area contributed by atoms with Crippen molar-refractivity contribution < 1.29 is 0 Å². The van der Waals surface area contributed by atoms with E-state index in [9.17, 15) is 0 Å². The van der Waals surface area contributed by atoms with Crippen LogP contribution in [0.2, 0.25) is 0 Å². The van der Waals surface area contributed by atoms with E-state index in [4.69, 9.17) is 5.73 Å². The molecule has 2 N–H and O–H groups in total. The Morgan fingerprint density at radius 2 is 2.06 bits per heavy atom. The highest BCUT2D eigenvalue weighted by Crippen LogP contribution is 2.11. The molecule has 0 bridgehead atoms. The Balaban J connectivity index is 2.38. The van der Waals surface area contributed by atoms with Crippen molar-refractivity contribution in [2.24, 2.45) is 5.73 Å². The summed E-state index contributed by atoms with van der Waals surface area (Å²) in [6.07, 6.45) is 1.77. The number of pyridine rings is 1. The van der Waals surface area contributed by atoms with E-state index in [2.05, 4.69) is 15.1 Å². The zero-order valence-corrected chi connectivity index (χ0v) is 9.68. The van der Waals surface area contributed by atoms with Gasteiger partial charge in [-0.2, -0.15) is 4.68 Å². The number of aromatic nitrogens is 4. The van der Waals surface area contributed by atoms with Gasteiger partial charge in [0.1, 0.15) is 11.6 Å². The molecule has 2 aromatic heterocycles. The molecule has 2 heterocycles. The zero-order valence-electron chi connectivity index (χ0n) is 9.68. The van der Waals surface area contributed by atoms with Crippen LogP contribution in [0, 0.1) is 13.8 Å². The van der Waals surface area contributed by atoms with Crippen LogP contribution in [-0.2, 0) is 0 Å². The van der Waals surface area contributed by atoms with E-state index >= 15 is 0 Å². The summed E-state index contributed by atoms with van der Waals surface area (Å²) >= 11 is 0. The van der Waals surface area contributed by atoms with Crippen molar-refractivity contribution >= 4 is 0 Å². The maximum absolute atomic E-state index is 5.76. The topological polar surface area (TPSA) is 69.6 Å². The molecule has 0 aromatic carbocycles. The van der Waals surface area contributed by atoms with Crippen LogP contribution in [-0.4, -0.2) is 19.7 Å². The molecule has 16 heavy (non-hydrogen) atoms. The number of hydrogen-bond donors (Lipinski definition) is 1. The molecular formula is C11H15N5. The molecule has 0 aliphatic carbocycles. The largest absolute Gasteiger partial charge is 0.324 e. The second kappa shape index (κ2) is 4.02. The van der Waals surface area contributed by atoms with E-state index in [1.807, 2.05) is 32.9 Å². The summed E-state index contributed by atoms with van der Waals surface area (Å²) < 4.78 is 1.72. The van der Waals surface area contributed by atoms with Crippen molar-refractivity contribution in [2.75, 3.05) is 0 Å². The predicted molar refractivity (Wildman–Crippen MR) is 61.2 cm³/mol. The van der Waals surface area contributed by atoms with Gasteiger partial charge in [0.25, 0.3) is 0 Å². The summed E-state index contributed by atoms with van der Waals surface area (Å²) in [6, 6.07) is 3.86. The third kappa shape index (κ3) is 1.94. The molecule has 0 fully saturated rings. The average Bonchev–Trinajstić information content (AvgIpc) is 2.58. The third-order valence-corrected chi connectivity index (χ3v) is 2.39.